The molecule has 0 spiro atoms. The Labute approximate surface area is 169 Å². The van der Waals surface area contributed by atoms with Gasteiger partial charge in [0.25, 0.3) is 0 Å². The van der Waals surface area contributed by atoms with E-state index in [-0.39, 0.29) is 18.2 Å². The van der Waals surface area contributed by atoms with Crippen molar-refractivity contribution in [3.63, 3.8) is 0 Å². The highest BCUT2D eigenvalue weighted by atomic mass is 32.2. The summed E-state index contributed by atoms with van der Waals surface area (Å²) in [7, 11) is -4.63. The standard InChI is InChI=1S/C19H26F3NO5S/c1-14(2)8-6-4-5-7-9-18(24)23-13-15-10-11-16(17(12-15)27-3)28-29(25,26)19(20,21)22/h6,8,10-12,14H,4-5,7,9,13H2,1-3H3,(H,23,24)/b8-6+. The molecular weight excluding hydrogens is 411 g/mol. The Balaban J connectivity index is 2.56. The minimum atomic E-state index is -5.80. The summed E-state index contributed by atoms with van der Waals surface area (Å²) in [6, 6.07) is 3.70. The number of rotatable bonds is 11. The molecule has 1 N–H and O–H groups in total. The van der Waals surface area contributed by atoms with E-state index in [1.54, 1.807) is 0 Å². The fraction of sp³-hybridized carbons (Fsp3) is 0.526. The number of hydrogen-bond donors (Lipinski definition) is 1. The van der Waals surface area contributed by atoms with Crippen molar-refractivity contribution in [1.82, 2.24) is 5.32 Å². The number of methoxy groups -OCH3 is 1. The molecule has 1 aromatic carbocycles. The lowest BCUT2D eigenvalue weighted by molar-refractivity contribution is -0.121. The second-order valence-corrected chi connectivity index (χ2v) is 8.20. The number of amides is 1. The van der Waals surface area contributed by atoms with Crippen LogP contribution in [0.5, 0.6) is 11.5 Å². The first-order chi connectivity index (χ1) is 13.5. The van der Waals surface area contributed by atoms with Crippen molar-refractivity contribution < 1.29 is 35.3 Å². The maximum Gasteiger partial charge on any atom is 0.534 e. The summed E-state index contributed by atoms with van der Waals surface area (Å²) >= 11 is 0. The van der Waals surface area contributed by atoms with E-state index >= 15 is 0 Å². The maximum absolute atomic E-state index is 12.4. The smallest absolute Gasteiger partial charge is 0.493 e. The van der Waals surface area contributed by atoms with Crippen LogP contribution in [0.4, 0.5) is 13.2 Å². The normalized spacial score (nSPS) is 12.4. The lowest BCUT2D eigenvalue weighted by atomic mass is 10.1. The van der Waals surface area contributed by atoms with Crippen molar-refractivity contribution in [3.05, 3.63) is 35.9 Å². The second kappa shape index (κ2) is 11.1. The molecule has 0 saturated heterocycles. The third kappa shape index (κ3) is 8.76. The minimum absolute atomic E-state index is 0.120. The van der Waals surface area contributed by atoms with Gasteiger partial charge in [0.15, 0.2) is 11.5 Å². The molecule has 0 aliphatic carbocycles. The number of carbonyl (C=O) groups is 1. The van der Waals surface area contributed by atoms with Gasteiger partial charge in [-0.05, 0) is 42.9 Å². The number of alkyl halides is 3. The van der Waals surface area contributed by atoms with Crippen LogP contribution < -0.4 is 14.2 Å². The molecule has 10 heteroatoms. The molecule has 0 aliphatic heterocycles. The molecule has 0 heterocycles. The van der Waals surface area contributed by atoms with E-state index in [1.165, 1.54) is 19.2 Å². The fourth-order valence-electron chi connectivity index (χ4n) is 2.26. The molecule has 0 saturated carbocycles. The first kappa shape index (κ1) is 24.8. The predicted octanol–water partition coefficient (Wildman–Crippen LogP) is 4.31. The molecule has 1 rings (SSSR count). The Morgan fingerprint density at radius 3 is 2.48 bits per heavy atom. The van der Waals surface area contributed by atoms with Crippen molar-refractivity contribution in [2.45, 2.75) is 51.6 Å². The monoisotopic (exact) mass is 437 g/mol. The summed E-state index contributed by atoms with van der Waals surface area (Å²) in [5.41, 5.74) is -5.03. The van der Waals surface area contributed by atoms with E-state index in [2.05, 4.69) is 35.5 Å². The molecule has 0 atom stereocenters. The first-order valence-electron chi connectivity index (χ1n) is 9.07. The fourth-order valence-corrected chi connectivity index (χ4v) is 2.73. The quantitative estimate of drug-likeness (QED) is 0.241. The molecule has 29 heavy (non-hydrogen) atoms. The number of unbranched alkanes of at least 4 members (excludes halogenated alkanes) is 2. The van der Waals surface area contributed by atoms with E-state index < -0.39 is 21.4 Å². The zero-order chi connectivity index (χ0) is 22.1. The van der Waals surface area contributed by atoms with Crippen molar-refractivity contribution in [3.8, 4) is 11.5 Å². The average Bonchev–Trinajstić information content (AvgIpc) is 2.62. The van der Waals surface area contributed by atoms with Crippen LogP contribution in [0.3, 0.4) is 0 Å². The molecule has 0 aliphatic rings. The van der Waals surface area contributed by atoms with Gasteiger partial charge < -0.3 is 14.2 Å². The van der Waals surface area contributed by atoms with Gasteiger partial charge in [0, 0.05) is 13.0 Å². The van der Waals surface area contributed by atoms with Gasteiger partial charge in [0.2, 0.25) is 5.91 Å². The Morgan fingerprint density at radius 1 is 1.21 bits per heavy atom. The molecular formula is C19H26F3NO5S. The topological polar surface area (TPSA) is 81.7 Å². The molecule has 0 radical (unpaired) electrons. The second-order valence-electron chi connectivity index (χ2n) is 6.66. The van der Waals surface area contributed by atoms with Crippen molar-refractivity contribution >= 4 is 16.0 Å². The largest absolute Gasteiger partial charge is 0.534 e. The number of halogens is 3. The molecule has 0 fully saturated rings. The molecule has 1 aromatic rings. The van der Waals surface area contributed by atoms with E-state index in [9.17, 15) is 26.4 Å². The molecule has 6 nitrogen and oxygen atoms in total. The number of allylic oxidation sites excluding steroid dienone is 2. The number of carbonyl (C=O) groups excluding carboxylic acids is 1. The molecule has 1 amide bonds. The van der Waals surface area contributed by atoms with E-state index in [4.69, 9.17) is 4.74 Å². The summed E-state index contributed by atoms with van der Waals surface area (Å²) in [5, 5.41) is 2.70. The summed E-state index contributed by atoms with van der Waals surface area (Å²) in [6.45, 7) is 4.30. The lowest BCUT2D eigenvalue weighted by Gasteiger charge is -2.13. The van der Waals surface area contributed by atoms with Crippen LogP contribution >= 0.6 is 0 Å². The summed E-state index contributed by atoms with van der Waals surface area (Å²) in [5.74, 6) is -0.437. The zero-order valence-electron chi connectivity index (χ0n) is 16.6. The van der Waals surface area contributed by atoms with Gasteiger partial charge in [-0.2, -0.15) is 21.6 Å². The van der Waals surface area contributed by atoms with E-state index in [0.29, 0.717) is 17.9 Å². The first-order valence-corrected chi connectivity index (χ1v) is 10.5. The Bertz CT molecular complexity index is 805. The third-order valence-electron chi connectivity index (χ3n) is 3.75. The molecule has 0 bridgehead atoms. The Morgan fingerprint density at radius 2 is 1.90 bits per heavy atom. The SMILES string of the molecule is COc1cc(CNC(=O)CCCC/C=C/C(C)C)ccc1OS(=O)(=O)C(F)(F)F. The van der Waals surface area contributed by atoms with E-state index in [1.807, 2.05) is 0 Å². The number of ether oxygens (including phenoxy) is 1. The zero-order valence-corrected chi connectivity index (χ0v) is 17.4. The van der Waals surface area contributed by atoms with Gasteiger partial charge in [-0.1, -0.05) is 32.1 Å². The van der Waals surface area contributed by atoms with Crippen molar-refractivity contribution in [2.75, 3.05) is 7.11 Å². The summed E-state index contributed by atoms with van der Waals surface area (Å²) in [4.78, 5) is 11.9. The maximum atomic E-state index is 12.4. The lowest BCUT2D eigenvalue weighted by Crippen LogP contribution is -2.28. The minimum Gasteiger partial charge on any atom is -0.493 e. The average molecular weight is 437 g/mol. The summed E-state index contributed by atoms with van der Waals surface area (Å²) < 4.78 is 68.6. The van der Waals surface area contributed by atoms with Gasteiger partial charge in [-0.15, -0.1) is 0 Å². The summed E-state index contributed by atoms with van der Waals surface area (Å²) in [6.07, 6.45) is 7.10. The van der Waals surface area contributed by atoms with Crippen LogP contribution in [0.15, 0.2) is 30.4 Å². The van der Waals surface area contributed by atoms with Gasteiger partial charge in [0.1, 0.15) is 0 Å². The predicted molar refractivity (Wildman–Crippen MR) is 103 cm³/mol. The van der Waals surface area contributed by atoms with Crippen LogP contribution in [0.1, 0.15) is 45.1 Å². The highest BCUT2D eigenvalue weighted by Gasteiger charge is 2.48. The Hall–Kier alpha value is -2.23. The van der Waals surface area contributed by atoms with Gasteiger partial charge in [0.05, 0.1) is 7.11 Å². The van der Waals surface area contributed by atoms with Crippen LogP contribution in [0.2, 0.25) is 0 Å². The van der Waals surface area contributed by atoms with Crippen molar-refractivity contribution in [1.29, 1.82) is 0 Å². The number of hydrogen-bond acceptors (Lipinski definition) is 5. The van der Waals surface area contributed by atoms with Gasteiger partial charge in [-0.25, -0.2) is 0 Å². The van der Waals surface area contributed by atoms with Gasteiger partial charge >= 0.3 is 15.6 Å². The highest BCUT2D eigenvalue weighted by molar-refractivity contribution is 7.88. The molecule has 0 unspecified atom stereocenters. The van der Waals surface area contributed by atoms with Crippen LogP contribution in [0.25, 0.3) is 0 Å². The molecule has 164 valence electrons. The van der Waals surface area contributed by atoms with Crippen molar-refractivity contribution in [2.24, 2.45) is 5.92 Å². The van der Waals surface area contributed by atoms with Crippen LogP contribution in [-0.2, 0) is 21.5 Å². The molecule has 0 aromatic heterocycles. The third-order valence-corrected chi connectivity index (χ3v) is 4.71. The van der Waals surface area contributed by atoms with Crippen LogP contribution in [0, 0.1) is 5.92 Å². The number of nitrogens with one attached hydrogen (secondary N) is 1. The number of benzene rings is 1. The van der Waals surface area contributed by atoms with Gasteiger partial charge in [-0.3, -0.25) is 4.79 Å². The van der Waals surface area contributed by atoms with E-state index in [0.717, 1.165) is 25.3 Å². The Kier molecular flexibility index (Phi) is 9.48. The highest BCUT2D eigenvalue weighted by Crippen LogP contribution is 2.33. The van der Waals surface area contributed by atoms with Crippen LogP contribution in [-0.4, -0.2) is 26.9 Å².